The Morgan fingerprint density at radius 2 is 1.84 bits per heavy atom. The zero-order chi connectivity index (χ0) is 14.7. The van der Waals surface area contributed by atoms with Gasteiger partial charge in [0, 0.05) is 0 Å². The predicted octanol–water partition coefficient (Wildman–Crippen LogP) is 1.15. The van der Waals surface area contributed by atoms with E-state index < -0.39 is 30.3 Å². The summed E-state index contributed by atoms with van der Waals surface area (Å²) >= 11 is 0. The molecule has 0 unspecified atom stereocenters. The summed E-state index contributed by atoms with van der Waals surface area (Å²) in [6.45, 7) is -0.217. The Labute approximate surface area is 107 Å². The first-order valence-electron chi connectivity index (χ1n) is 5.46. The average molecular weight is 277 g/mol. The Hall–Kier alpha value is -1.60. The van der Waals surface area contributed by atoms with Crippen LogP contribution in [0.25, 0.3) is 0 Å². The summed E-state index contributed by atoms with van der Waals surface area (Å²) in [6.07, 6.45) is -5.09. The number of benzene rings is 1. The first-order valence-corrected chi connectivity index (χ1v) is 5.46. The molecule has 0 heterocycles. The molecule has 106 valence electrons. The molecule has 3 N–H and O–H groups in total. The number of amides is 1. The zero-order valence-corrected chi connectivity index (χ0v) is 10.1. The summed E-state index contributed by atoms with van der Waals surface area (Å²) in [4.78, 5) is 11.5. The smallest absolute Gasteiger partial charge is 0.394 e. The molecule has 0 saturated carbocycles. The van der Waals surface area contributed by atoms with E-state index in [9.17, 15) is 23.1 Å². The molecule has 1 aromatic carbocycles. The van der Waals surface area contributed by atoms with Crippen molar-refractivity contribution >= 4 is 5.91 Å². The third-order valence-corrected chi connectivity index (χ3v) is 2.68. The van der Waals surface area contributed by atoms with E-state index in [1.807, 2.05) is 5.32 Å². The third kappa shape index (κ3) is 3.45. The molecule has 0 bridgehead atoms. The Morgan fingerprint density at radius 1 is 1.32 bits per heavy atom. The van der Waals surface area contributed by atoms with E-state index >= 15 is 0 Å². The van der Waals surface area contributed by atoms with Crippen LogP contribution in [0, 0.1) is 0 Å². The molecular weight excluding hydrogens is 263 g/mol. The van der Waals surface area contributed by atoms with Gasteiger partial charge in [-0.2, -0.15) is 13.2 Å². The van der Waals surface area contributed by atoms with Crippen LogP contribution >= 0.6 is 0 Å². The molecule has 0 spiro atoms. The lowest BCUT2D eigenvalue weighted by Gasteiger charge is -2.27. The summed E-state index contributed by atoms with van der Waals surface area (Å²) in [7, 11) is 0. The summed E-state index contributed by atoms with van der Waals surface area (Å²) in [5, 5.41) is 20.3. The van der Waals surface area contributed by atoms with Gasteiger partial charge in [-0.1, -0.05) is 30.3 Å². The zero-order valence-electron chi connectivity index (χ0n) is 10.1. The van der Waals surface area contributed by atoms with E-state index in [1.165, 1.54) is 0 Å². The van der Waals surface area contributed by atoms with Gasteiger partial charge < -0.3 is 15.5 Å². The van der Waals surface area contributed by atoms with Gasteiger partial charge in [0.05, 0.1) is 12.6 Å². The summed E-state index contributed by atoms with van der Waals surface area (Å²) < 4.78 is 37.4. The number of carbonyl (C=O) groups excluding carboxylic acids is 1. The molecule has 19 heavy (non-hydrogen) atoms. The van der Waals surface area contributed by atoms with E-state index in [4.69, 9.17) is 5.11 Å². The highest BCUT2D eigenvalue weighted by atomic mass is 19.4. The average Bonchev–Trinajstić information content (AvgIpc) is 2.35. The molecule has 0 aliphatic carbocycles. The fourth-order valence-electron chi connectivity index (χ4n) is 1.35. The number of alkyl halides is 3. The van der Waals surface area contributed by atoms with Crippen molar-refractivity contribution in [3.05, 3.63) is 35.9 Å². The lowest BCUT2D eigenvalue weighted by molar-refractivity contribution is -0.245. The highest BCUT2D eigenvalue weighted by Gasteiger charge is 2.56. The molecule has 1 rings (SSSR count). The van der Waals surface area contributed by atoms with Gasteiger partial charge in [0.1, 0.15) is 0 Å². The molecule has 0 aromatic heterocycles. The number of hydrogen-bond donors (Lipinski definition) is 3. The molecule has 0 saturated heterocycles. The number of aliphatic hydroxyl groups excluding tert-OH is 1. The lowest BCUT2D eigenvalue weighted by atomic mass is 10.0. The second-order valence-corrected chi connectivity index (χ2v) is 4.19. The maximum absolute atomic E-state index is 12.5. The molecule has 0 aliphatic heterocycles. The molecule has 1 amide bonds. The highest BCUT2D eigenvalue weighted by Crippen LogP contribution is 2.30. The molecular formula is C12H14F3NO3. The fraction of sp³-hybridized carbons (Fsp3) is 0.417. The molecule has 0 radical (unpaired) electrons. The minimum atomic E-state index is -5.09. The highest BCUT2D eigenvalue weighted by molar-refractivity contribution is 5.85. The van der Waals surface area contributed by atoms with Crippen LogP contribution in [-0.2, 0) is 4.79 Å². The minimum absolute atomic E-state index is 0.363. The van der Waals surface area contributed by atoms with Gasteiger partial charge in [-0.25, -0.2) is 0 Å². The molecule has 7 heteroatoms. The SMILES string of the molecule is C[C@@](O)(C(=O)N[C@@H](CO)c1ccccc1)C(F)(F)F. The first-order chi connectivity index (χ1) is 8.70. The predicted molar refractivity (Wildman–Crippen MR) is 61.1 cm³/mol. The van der Waals surface area contributed by atoms with Crippen molar-refractivity contribution in [2.24, 2.45) is 0 Å². The fourth-order valence-corrected chi connectivity index (χ4v) is 1.35. The van der Waals surface area contributed by atoms with Crippen LogP contribution in [0.3, 0.4) is 0 Å². The van der Waals surface area contributed by atoms with Gasteiger partial charge in [-0.05, 0) is 12.5 Å². The molecule has 0 fully saturated rings. The second-order valence-electron chi connectivity index (χ2n) is 4.19. The summed E-state index contributed by atoms with van der Waals surface area (Å²) in [5.41, 5.74) is -3.06. The number of hydrogen-bond acceptors (Lipinski definition) is 3. The van der Waals surface area contributed by atoms with E-state index in [-0.39, 0.29) is 0 Å². The van der Waals surface area contributed by atoms with Gasteiger partial charge >= 0.3 is 6.18 Å². The maximum Gasteiger partial charge on any atom is 0.426 e. The number of carbonyl (C=O) groups is 1. The van der Waals surface area contributed by atoms with Gasteiger partial charge in [-0.15, -0.1) is 0 Å². The number of rotatable bonds is 4. The standard InChI is InChI=1S/C12H14F3NO3/c1-11(19,12(13,14)15)10(18)16-9(7-17)8-5-3-2-4-6-8/h2-6,9,17,19H,7H2,1H3,(H,16,18)/t9-,11+/m0/s1. The molecule has 0 aliphatic rings. The first kappa shape index (κ1) is 15.5. The van der Waals surface area contributed by atoms with Crippen LogP contribution in [0.5, 0.6) is 0 Å². The van der Waals surface area contributed by atoms with Gasteiger partial charge in [0.15, 0.2) is 0 Å². The Kier molecular flexibility index (Phi) is 4.54. The van der Waals surface area contributed by atoms with Gasteiger partial charge in [-0.3, -0.25) is 4.79 Å². The third-order valence-electron chi connectivity index (χ3n) is 2.68. The van der Waals surface area contributed by atoms with Gasteiger partial charge in [0.2, 0.25) is 5.60 Å². The van der Waals surface area contributed by atoms with E-state index in [0.717, 1.165) is 0 Å². The normalized spacial score (nSPS) is 16.5. The van der Waals surface area contributed by atoms with E-state index in [2.05, 4.69) is 0 Å². The van der Waals surface area contributed by atoms with Crippen molar-refractivity contribution in [3.63, 3.8) is 0 Å². The largest absolute Gasteiger partial charge is 0.426 e. The van der Waals surface area contributed by atoms with E-state index in [1.54, 1.807) is 30.3 Å². The van der Waals surface area contributed by atoms with Crippen molar-refractivity contribution in [2.75, 3.05) is 6.61 Å². The maximum atomic E-state index is 12.5. The number of nitrogens with one attached hydrogen (secondary N) is 1. The van der Waals surface area contributed by atoms with Crippen LogP contribution in [0.4, 0.5) is 13.2 Å². The van der Waals surface area contributed by atoms with Crippen molar-refractivity contribution in [3.8, 4) is 0 Å². The van der Waals surface area contributed by atoms with Crippen LogP contribution in [0.15, 0.2) is 30.3 Å². The topological polar surface area (TPSA) is 69.6 Å². The summed E-state index contributed by atoms with van der Waals surface area (Å²) in [5.74, 6) is -1.61. The molecule has 1 aromatic rings. The van der Waals surface area contributed by atoms with Crippen molar-refractivity contribution in [1.82, 2.24) is 5.32 Å². The number of halogens is 3. The Balaban J connectivity index is 2.86. The van der Waals surface area contributed by atoms with Crippen molar-refractivity contribution in [1.29, 1.82) is 0 Å². The number of aliphatic hydroxyl groups is 2. The van der Waals surface area contributed by atoms with Crippen molar-refractivity contribution < 1.29 is 28.2 Å². The Morgan fingerprint density at radius 3 is 2.26 bits per heavy atom. The Bertz CT molecular complexity index is 432. The molecule has 4 nitrogen and oxygen atoms in total. The van der Waals surface area contributed by atoms with Crippen LogP contribution in [-0.4, -0.2) is 34.5 Å². The van der Waals surface area contributed by atoms with Gasteiger partial charge in [0.25, 0.3) is 5.91 Å². The second kappa shape index (κ2) is 5.58. The minimum Gasteiger partial charge on any atom is -0.394 e. The quantitative estimate of drug-likeness (QED) is 0.773. The summed E-state index contributed by atoms with van der Waals surface area (Å²) in [6, 6.07) is 7.00. The monoisotopic (exact) mass is 277 g/mol. The van der Waals surface area contributed by atoms with Crippen molar-refractivity contribution in [2.45, 2.75) is 24.7 Å². The van der Waals surface area contributed by atoms with E-state index in [0.29, 0.717) is 12.5 Å². The lowest BCUT2D eigenvalue weighted by Crippen LogP contribution is -2.55. The van der Waals surface area contributed by atoms with Crippen LogP contribution < -0.4 is 5.32 Å². The van der Waals surface area contributed by atoms with Crippen LogP contribution in [0.2, 0.25) is 0 Å². The van der Waals surface area contributed by atoms with Crippen LogP contribution in [0.1, 0.15) is 18.5 Å². The molecule has 2 atom stereocenters.